The summed E-state index contributed by atoms with van der Waals surface area (Å²) in [5, 5.41) is 68.7. The number of rotatable bonds is 53. The number of aromatic amines is 2. The van der Waals surface area contributed by atoms with E-state index in [4.69, 9.17) is 28.3 Å². The third-order valence-corrected chi connectivity index (χ3v) is 23.7. The molecule has 42 heteroatoms. The van der Waals surface area contributed by atoms with Crippen LogP contribution in [0.4, 0.5) is 0 Å². The second-order valence-corrected chi connectivity index (χ2v) is 33.9. The Morgan fingerprint density at radius 3 is 1.60 bits per heavy atom. The molecule has 0 unspecified atom stereocenters. The largest absolute Gasteiger partial charge is 0.508 e. The number of fused-ring (bicyclic) bond motifs is 2. The lowest BCUT2D eigenvalue weighted by Gasteiger charge is -2.36. The van der Waals surface area contributed by atoms with Crippen molar-refractivity contribution in [2.75, 3.05) is 72.0 Å². The molecule has 41 nitrogen and oxygen atoms in total. The summed E-state index contributed by atoms with van der Waals surface area (Å²) >= 11 is 0.880. The molecule has 0 saturated carbocycles. The number of phenols is 1. The number of H-pyrrole nitrogens is 2. The van der Waals surface area contributed by atoms with E-state index in [9.17, 15) is 58.5 Å². The molecule has 3 aromatic carbocycles. The molecule has 2 saturated heterocycles. The first kappa shape index (κ1) is 104. The maximum atomic E-state index is 15.7. The number of unbranched alkanes of at least 4 members (excludes halogenated alkanes) is 2. The average Bonchev–Trinajstić information content (AvgIpc) is 1.71. The molecule has 7 rings (SSSR count). The van der Waals surface area contributed by atoms with Crippen molar-refractivity contribution in [3.63, 3.8) is 0 Å². The number of amides is 15. The molecule has 0 aliphatic carbocycles. The summed E-state index contributed by atoms with van der Waals surface area (Å²) in [7, 11) is 4.11. The van der Waals surface area contributed by atoms with Crippen LogP contribution in [0, 0.1) is 11.3 Å². The Kier molecular flexibility index (Phi) is 41.4. The molecule has 5 aromatic rings. The van der Waals surface area contributed by atoms with E-state index in [1.807, 2.05) is 27.7 Å². The maximum absolute atomic E-state index is 15.7. The van der Waals surface area contributed by atoms with Gasteiger partial charge in [-0.2, -0.15) is 0 Å². The number of carbonyl (C=O) groups excluding carboxylic acids is 15. The summed E-state index contributed by atoms with van der Waals surface area (Å²) in [5.41, 5.74) is 25.8. The first-order chi connectivity index (χ1) is 61.5. The number of nitrogens with zero attached hydrogens (tertiary/aromatic N) is 4. The zero-order valence-corrected chi connectivity index (χ0v) is 75.0. The molecular weight excluding hydrogens is 1690 g/mol. The van der Waals surface area contributed by atoms with Gasteiger partial charge in [0.25, 0.3) is 0 Å². The number of benzene rings is 3. The van der Waals surface area contributed by atoms with Gasteiger partial charge in [0.1, 0.15) is 78.3 Å². The fourth-order valence-electron chi connectivity index (χ4n) is 15.7. The van der Waals surface area contributed by atoms with Gasteiger partial charge in [-0.15, -0.1) is 11.8 Å². The number of nitrogens with two attached hydrogens (primary N) is 4. The van der Waals surface area contributed by atoms with Crippen LogP contribution in [0.2, 0.25) is 0 Å². The van der Waals surface area contributed by atoms with E-state index in [1.54, 1.807) is 73.1 Å². The highest BCUT2D eigenvalue weighted by Crippen LogP contribution is 2.27. The second-order valence-electron chi connectivity index (χ2n) is 32.9. The van der Waals surface area contributed by atoms with Gasteiger partial charge in [0, 0.05) is 100.0 Å². The predicted molar refractivity (Wildman–Crippen MR) is 481 cm³/mol. The van der Waals surface area contributed by atoms with Crippen LogP contribution in [0.25, 0.3) is 21.8 Å². The molecule has 25 N–H and O–H groups in total. The monoisotopic (exact) mass is 1820 g/mol. The van der Waals surface area contributed by atoms with Crippen molar-refractivity contribution in [3.05, 3.63) is 102 Å². The smallest absolute Gasteiger partial charge is 0.305 e. The number of guanidine groups is 1. The number of carboxylic acid groups (broad SMARTS) is 1. The number of aliphatic hydroxyl groups excluding tert-OH is 1. The first-order valence-electron chi connectivity index (χ1n) is 43.7. The molecule has 0 radical (unpaired) electrons. The zero-order chi connectivity index (χ0) is 94.7. The number of carbonyl (C=O) groups is 16. The van der Waals surface area contributed by atoms with Crippen LogP contribution < -0.4 is 81.4 Å². The summed E-state index contributed by atoms with van der Waals surface area (Å²) in [6, 6.07) is 2.32. The lowest BCUT2D eigenvalue weighted by Crippen LogP contribution is -2.61. The van der Waals surface area contributed by atoms with E-state index in [-0.39, 0.29) is 126 Å². The normalized spacial score (nSPS) is 16.2. The Morgan fingerprint density at radius 2 is 1.05 bits per heavy atom. The zero-order valence-electron chi connectivity index (χ0n) is 74.1. The van der Waals surface area contributed by atoms with Crippen LogP contribution in [-0.2, 0) is 96.0 Å². The number of para-hydroxylation sites is 2. The number of aromatic hydroxyl groups is 1. The predicted octanol–water partition coefficient (Wildman–Crippen LogP) is -1.80. The van der Waals surface area contributed by atoms with E-state index in [2.05, 4.69) is 68.5 Å². The van der Waals surface area contributed by atoms with Crippen LogP contribution in [0.1, 0.15) is 147 Å². The van der Waals surface area contributed by atoms with Gasteiger partial charge in [-0.3, -0.25) is 82.1 Å². The van der Waals surface area contributed by atoms with Crippen LogP contribution in [-0.4, -0.2) is 296 Å². The lowest BCUT2D eigenvalue weighted by molar-refractivity contribution is -0.149. The fourth-order valence-corrected chi connectivity index (χ4v) is 16.6. The van der Waals surface area contributed by atoms with Crippen molar-refractivity contribution >= 4 is 134 Å². The highest BCUT2D eigenvalue weighted by molar-refractivity contribution is 8.00. The number of phenolic OH excluding ortho intramolecular Hbond substituents is 1. The molecule has 15 amide bonds. The molecule has 4 heterocycles. The number of carboxylic acids is 1. The highest BCUT2D eigenvalue weighted by Gasteiger charge is 2.44. The molecule has 129 heavy (non-hydrogen) atoms. The molecule has 13 atom stereocenters. The van der Waals surface area contributed by atoms with E-state index >= 15 is 33.6 Å². The Bertz CT molecular complexity index is 4720. The fraction of sp³-hybridized carbons (Fsp3) is 0.552. The Hall–Kier alpha value is -12.4. The highest BCUT2D eigenvalue weighted by atomic mass is 32.2. The summed E-state index contributed by atoms with van der Waals surface area (Å²) < 4.78 is 0. The number of primary amides is 1. The van der Waals surface area contributed by atoms with Crippen molar-refractivity contribution in [1.29, 1.82) is 5.41 Å². The van der Waals surface area contributed by atoms with Crippen molar-refractivity contribution in [2.45, 2.75) is 228 Å². The number of likely N-dealkylation sites (tertiary alicyclic amines) is 2. The van der Waals surface area contributed by atoms with Gasteiger partial charge in [-0.25, -0.2) is 0 Å². The van der Waals surface area contributed by atoms with Crippen molar-refractivity contribution in [1.82, 2.24) is 88.1 Å². The number of thioether (sulfide) groups is 1. The Balaban J connectivity index is 1.12. The van der Waals surface area contributed by atoms with Crippen molar-refractivity contribution in [3.8, 4) is 5.75 Å². The Labute approximate surface area is 752 Å². The van der Waals surface area contributed by atoms with Gasteiger partial charge in [0.2, 0.25) is 88.6 Å². The third-order valence-electron chi connectivity index (χ3n) is 22.7. The van der Waals surface area contributed by atoms with Gasteiger partial charge in [0.05, 0.1) is 31.4 Å². The summed E-state index contributed by atoms with van der Waals surface area (Å²) in [4.78, 5) is 238. The van der Waals surface area contributed by atoms with Crippen LogP contribution in [0.5, 0.6) is 5.75 Å². The lowest BCUT2D eigenvalue weighted by atomic mass is 10.00. The molecule has 2 aliphatic heterocycles. The molecule has 2 fully saturated rings. The minimum atomic E-state index is -1.84. The topological polar surface area (TPSA) is 639 Å². The van der Waals surface area contributed by atoms with Crippen LogP contribution in [0.3, 0.4) is 0 Å². The van der Waals surface area contributed by atoms with Gasteiger partial charge >= 0.3 is 5.97 Å². The van der Waals surface area contributed by atoms with Gasteiger partial charge in [-0.1, -0.05) is 102 Å². The molecule has 0 bridgehead atoms. The van der Waals surface area contributed by atoms with Crippen molar-refractivity contribution < 1.29 is 92.0 Å². The second kappa shape index (κ2) is 51.5. The van der Waals surface area contributed by atoms with Gasteiger partial charge in [0.15, 0.2) is 5.96 Å². The molecular formula is C87H128N22O19S. The number of aliphatic hydroxyl groups is 1. The van der Waals surface area contributed by atoms with Crippen LogP contribution >= 0.6 is 11.8 Å². The van der Waals surface area contributed by atoms with E-state index in [1.165, 1.54) is 48.0 Å². The molecule has 0 spiro atoms. The number of likely N-dealkylation sites (N-methyl/N-ethyl adjacent to an activating group) is 3. The van der Waals surface area contributed by atoms with Gasteiger partial charge in [-0.05, 0) is 124 Å². The first-order valence-corrected chi connectivity index (χ1v) is 44.8. The van der Waals surface area contributed by atoms with Crippen molar-refractivity contribution in [2.24, 2.45) is 28.9 Å². The number of hydrogen-bond donors (Lipinski definition) is 21. The van der Waals surface area contributed by atoms with E-state index < -0.39 is 199 Å². The number of nitrogens with one attached hydrogen (secondary N) is 14. The maximum Gasteiger partial charge on any atom is 0.305 e. The van der Waals surface area contributed by atoms with Crippen LogP contribution in [0.15, 0.2) is 85.2 Å². The summed E-state index contributed by atoms with van der Waals surface area (Å²) in [6.45, 7) is 5.92. The number of aliphatic carboxylic acids is 1. The standard InChI is InChI=1S/C87H128N22O19S/c1-8-10-26-67(80(122)99-60(25-17-35-94-87(91)92)77(119)105-66(75(117)97-45-71(90)112)47-129-48-72(113)98-61(74(116)93-5)39-50-30-32-53(111)33-31-50)106(6)86(128)70(27-11-9-2)107(7)84(126)64(41-52-44-96-58-23-15-13-21-55(52)58)103-79(121)65(46-110)104-78(120)62(40-51-43-95-57-22-14-12-20-54(51)57)101-82(124)69-29-19-37-109(69)85(127)63(38-49(3)4)102-76(118)59(24-16-34-88)100-81(123)68-28-18-36-108(68)83(125)56(89)42-73(114)115/h12-15,20-23,30-33,43-44,49,56,59-70,95-96,110-111H,8-11,16-19,24-29,34-42,45-48,88-89H2,1-7H3,(H2,90,112)(H,93,116)(H,97,117)(H,98,113)(H,99,122)(H,100,123)(H,101,124)(H,102,118)(H,103,121)(H,104,120)(H,105,119)(H,114,115)(H4,91,92,94)/t56-,59-,60-,61-,62-,63-,64-,65-,66-,67-,68-,69-,70-/m0/s1. The minimum Gasteiger partial charge on any atom is -0.508 e. The van der Waals surface area contributed by atoms with E-state index in [0.717, 1.165) is 16.7 Å². The number of hydrogen-bond acceptors (Lipinski definition) is 22. The summed E-state index contributed by atoms with van der Waals surface area (Å²) in [5.74, 6) is -14.6. The quantitative estimate of drug-likeness (QED) is 0.0116. The molecule has 2 aliphatic rings. The van der Waals surface area contributed by atoms with E-state index in [0.29, 0.717) is 77.0 Å². The Morgan fingerprint density at radius 1 is 0.558 bits per heavy atom. The SMILES string of the molecule is CCCC[C@@H](C(=O)N(C)[C@@H](CCCC)C(=O)N[C@@H](CCCNC(=N)N)C(=O)N[C@@H](CSCC(=O)N[C@@H](Cc1ccc(O)cc1)C(=O)NC)C(=O)NCC(N)=O)N(C)C(=O)[C@H](Cc1c[nH]c2ccccc12)NC(=O)[C@H](CO)NC(=O)[C@H](Cc1c[nH]c2ccccc12)NC(=O)[C@@H]1CCCN1C(=O)[C@H](CC(C)C)NC(=O)[C@H](CCCN)NC(=O)[C@@H]1CCCN1C(=O)[C@@H](N)CC(=O)O. The average molecular weight is 1820 g/mol. The molecule has 2 aromatic heterocycles. The summed E-state index contributed by atoms with van der Waals surface area (Å²) in [6.07, 6.45) is 5.20. The minimum absolute atomic E-state index is 0.00897. The number of aromatic nitrogens is 2. The van der Waals surface area contributed by atoms with Gasteiger partial charge < -0.3 is 126 Å². The molecule has 706 valence electrons. The third kappa shape index (κ3) is 30.9.